The summed E-state index contributed by atoms with van der Waals surface area (Å²) in [6, 6.07) is 1.46. The van der Waals surface area contributed by atoms with E-state index in [9.17, 15) is 0 Å². The molecule has 2 atom stereocenters. The molecule has 16 heavy (non-hydrogen) atoms. The predicted octanol–water partition coefficient (Wildman–Crippen LogP) is 2.45. The van der Waals surface area contributed by atoms with Gasteiger partial charge in [0.05, 0.1) is 0 Å². The second-order valence-corrected chi connectivity index (χ2v) is 6.23. The number of rotatable bonds is 7. The van der Waals surface area contributed by atoms with Crippen LogP contribution < -0.4 is 5.32 Å². The molecule has 1 aliphatic rings. The molecule has 0 radical (unpaired) electrons. The Balaban J connectivity index is 2.37. The summed E-state index contributed by atoms with van der Waals surface area (Å²) in [7, 11) is 4.43. The molecular formula is C13H28N2S. The fourth-order valence-electron chi connectivity index (χ4n) is 2.59. The van der Waals surface area contributed by atoms with Crippen molar-refractivity contribution in [3.05, 3.63) is 0 Å². The van der Waals surface area contributed by atoms with Gasteiger partial charge in [0.2, 0.25) is 0 Å². The largest absolute Gasteiger partial charge is 0.312 e. The van der Waals surface area contributed by atoms with Gasteiger partial charge in [0, 0.05) is 24.4 Å². The van der Waals surface area contributed by atoms with Gasteiger partial charge in [-0.05, 0) is 32.2 Å². The first-order valence-corrected chi connectivity index (χ1v) is 7.82. The molecule has 0 bridgehead atoms. The molecule has 1 aliphatic heterocycles. The zero-order valence-corrected chi connectivity index (χ0v) is 12.1. The molecule has 2 nitrogen and oxygen atoms in total. The first-order chi connectivity index (χ1) is 7.69. The highest BCUT2D eigenvalue weighted by Gasteiger charge is 2.22. The Kier molecular flexibility index (Phi) is 6.78. The topological polar surface area (TPSA) is 15.3 Å². The lowest BCUT2D eigenvalue weighted by Gasteiger charge is -2.32. The molecule has 1 rings (SSSR count). The third kappa shape index (κ3) is 4.27. The van der Waals surface area contributed by atoms with E-state index < -0.39 is 0 Å². The molecule has 1 saturated heterocycles. The zero-order chi connectivity index (χ0) is 12.0. The Hall–Kier alpha value is 0.270. The van der Waals surface area contributed by atoms with Gasteiger partial charge >= 0.3 is 0 Å². The van der Waals surface area contributed by atoms with Crippen molar-refractivity contribution in [3.8, 4) is 0 Å². The normalized spacial score (nSPS) is 23.2. The molecule has 96 valence electrons. The molecule has 0 spiro atoms. The lowest BCUT2D eigenvalue weighted by molar-refractivity contribution is 0.190. The minimum Gasteiger partial charge on any atom is -0.312 e. The molecule has 0 saturated carbocycles. The number of hydrogen-bond acceptors (Lipinski definition) is 3. The van der Waals surface area contributed by atoms with Crippen molar-refractivity contribution < 1.29 is 0 Å². The third-order valence-corrected chi connectivity index (χ3v) is 4.96. The third-order valence-electron chi connectivity index (χ3n) is 3.80. The Bertz CT molecular complexity index is 175. The summed E-state index contributed by atoms with van der Waals surface area (Å²) < 4.78 is 0. The summed E-state index contributed by atoms with van der Waals surface area (Å²) in [6.45, 7) is 5.79. The summed E-state index contributed by atoms with van der Waals surface area (Å²) in [5.41, 5.74) is 0. The Morgan fingerprint density at radius 3 is 2.44 bits per heavy atom. The molecule has 0 aromatic rings. The highest BCUT2D eigenvalue weighted by molar-refractivity contribution is 7.99. The molecule has 0 amide bonds. The van der Waals surface area contributed by atoms with Crippen molar-refractivity contribution in [2.45, 2.75) is 45.2 Å². The first kappa shape index (κ1) is 14.3. The van der Waals surface area contributed by atoms with Crippen LogP contribution in [0.3, 0.4) is 0 Å². The highest BCUT2D eigenvalue weighted by atomic mass is 32.2. The summed E-state index contributed by atoms with van der Waals surface area (Å²) in [5.74, 6) is 3.48. The van der Waals surface area contributed by atoms with Crippen molar-refractivity contribution >= 4 is 11.8 Å². The molecule has 0 aromatic heterocycles. The molecule has 3 heteroatoms. The lowest BCUT2D eigenvalue weighted by Crippen LogP contribution is -2.45. The molecule has 1 N–H and O–H groups in total. The minimum absolute atomic E-state index is 0.695. The minimum atomic E-state index is 0.695. The van der Waals surface area contributed by atoms with Crippen LogP contribution in [0.5, 0.6) is 0 Å². The van der Waals surface area contributed by atoms with Crippen LogP contribution in [-0.4, -0.2) is 49.1 Å². The number of hydrogen-bond donors (Lipinski definition) is 1. The van der Waals surface area contributed by atoms with E-state index in [2.05, 4.69) is 49.9 Å². The lowest BCUT2D eigenvalue weighted by atomic mass is 9.93. The summed E-state index contributed by atoms with van der Waals surface area (Å²) in [4.78, 5) is 2.40. The van der Waals surface area contributed by atoms with Gasteiger partial charge in [-0.1, -0.05) is 26.7 Å². The SMILES string of the molecule is CCC(CC)C(CNC1CCSC1)N(C)C. The van der Waals surface area contributed by atoms with Crippen LogP contribution >= 0.6 is 11.8 Å². The smallest absolute Gasteiger partial charge is 0.0242 e. The van der Waals surface area contributed by atoms with Crippen LogP contribution in [0.4, 0.5) is 0 Å². The predicted molar refractivity (Wildman–Crippen MR) is 75.3 cm³/mol. The number of likely N-dealkylation sites (N-methyl/N-ethyl adjacent to an activating group) is 1. The van der Waals surface area contributed by atoms with Crippen molar-refractivity contribution in [2.75, 3.05) is 32.1 Å². The Morgan fingerprint density at radius 2 is 2.00 bits per heavy atom. The van der Waals surface area contributed by atoms with Gasteiger partial charge in [-0.15, -0.1) is 0 Å². The standard InChI is InChI=1S/C13H28N2S/c1-5-11(6-2)13(15(3)4)9-14-12-7-8-16-10-12/h11-14H,5-10H2,1-4H3. The van der Waals surface area contributed by atoms with Crippen molar-refractivity contribution in [3.63, 3.8) is 0 Å². The summed E-state index contributed by atoms with van der Waals surface area (Å²) in [6.07, 6.45) is 3.94. The Morgan fingerprint density at radius 1 is 1.31 bits per heavy atom. The second-order valence-electron chi connectivity index (χ2n) is 5.08. The van der Waals surface area contributed by atoms with Crippen LogP contribution in [-0.2, 0) is 0 Å². The second kappa shape index (κ2) is 7.57. The summed E-state index contributed by atoms with van der Waals surface area (Å²) >= 11 is 2.09. The van der Waals surface area contributed by atoms with Gasteiger partial charge in [-0.3, -0.25) is 0 Å². The van der Waals surface area contributed by atoms with E-state index in [0.717, 1.165) is 18.5 Å². The number of nitrogens with one attached hydrogen (secondary N) is 1. The van der Waals surface area contributed by atoms with Crippen LogP contribution in [0.1, 0.15) is 33.1 Å². The van der Waals surface area contributed by atoms with E-state index in [4.69, 9.17) is 0 Å². The van der Waals surface area contributed by atoms with E-state index >= 15 is 0 Å². The highest BCUT2D eigenvalue weighted by Crippen LogP contribution is 2.19. The maximum Gasteiger partial charge on any atom is 0.0242 e. The van der Waals surface area contributed by atoms with Gasteiger partial charge in [0.25, 0.3) is 0 Å². The van der Waals surface area contributed by atoms with Crippen molar-refractivity contribution in [1.82, 2.24) is 10.2 Å². The van der Waals surface area contributed by atoms with Crippen LogP contribution in [0.15, 0.2) is 0 Å². The zero-order valence-electron chi connectivity index (χ0n) is 11.3. The van der Waals surface area contributed by atoms with Crippen LogP contribution in [0.2, 0.25) is 0 Å². The fourth-order valence-corrected chi connectivity index (χ4v) is 3.77. The van der Waals surface area contributed by atoms with Gasteiger partial charge in [-0.2, -0.15) is 11.8 Å². The number of thioether (sulfide) groups is 1. The van der Waals surface area contributed by atoms with Crippen molar-refractivity contribution in [2.24, 2.45) is 5.92 Å². The molecule has 1 fully saturated rings. The number of nitrogens with zero attached hydrogens (tertiary/aromatic N) is 1. The van der Waals surface area contributed by atoms with Crippen LogP contribution in [0.25, 0.3) is 0 Å². The average molecular weight is 244 g/mol. The van der Waals surface area contributed by atoms with E-state index in [1.165, 1.54) is 30.8 Å². The van der Waals surface area contributed by atoms with Gasteiger partial charge < -0.3 is 10.2 Å². The maximum absolute atomic E-state index is 3.75. The quantitative estimate of drug-likeness (QED) is 0.740. The van der Waals surface area contributed by atoms with E-state index in [-0.39, 0.29) is 0 Å². The van der Waals surface area contributed by atoms with Gasteiger partial charge in [0.15, 0.2) is 0 Å². The first-order valence-electron chi connectivity index (χ1n) is 6.66. The monoisotopic (exact) mass is 244 g/mol. The molecule has 2 unspecified atom stereocenters. The fraction of sp³-hybridized carbons (Fsp3) is 1.00. The van der Waals surface area contributed by atoms with Crippen molar-refractivity contribution in [1.29, 1.82) is 0 Å². The molecular weight excluding hydrogens is 216 g/mol. The Labute approximate surface area is 106 Å². The van der Waals surface area contributed by atoms with Gasteiger partial charge in [0.1, 0.15) is 0 Å². The van der Waals surface area contributed by atoms with Gasteiger partial charge in [-0.25, -0.2) is 0 Å². The molecule has 0 aromatic carbocycles. The van der Waals surface area contributed by atoms with E-state index in [1.54, 1.807) is 0 Å². The summed E-state index contributed by atoms with van der Waals surface area (Å²) in [5, 5.41) is 3.75. The molecule has 0 aliphatic carbocycles. The van der Waals surface area contributed by atoms with E-state index in [1.807, 2.05) is 0 Å². The van der Waals surface area contributed by atoms with E-state index in [0.29, 0.717) is 6.04 Å². The maximum atomic E-state index is 3.75. The average Bonchev–Trinajstić information content (AvgIpc) is 2.76. The molecule has 1 heterocycles. The van der Waals surface area contributed by atoms with Crippen LogP contribution in [0, 0.1) is 5.92 Å².